The van der Waals surface area contributed by atoms with Crippen LogP contribution in [0.3, 0.4) is 0 Å². The van der Waals surface area contributed by atoms with E-state index in [1.165, 1.54) is 6.20 Å². The van der Waals surface area contributed by atoms with Gasteiger partial charge in [0.15, 0.2) is 0 Å². The number of rotatable bonds is 3. The SMILES string of the molecule is OC(CCl)Cc1ccnnn1. The van der Waals surface area contributed by atoms with Crippen LogP contribution in [-0.4, -0.2) is 32.5 Å². The molecule has 0 fully saturated rings. The van der Waals surface area contributed by atoms with Gasteiger partial charge in [0.1, 0.15) is 0 Å². The third kappa shape index (κ3) is 2.78. The smallest absolute Gasteiger partial charge is 0.0731 e. The van der Waals surface area contributed by atoms with Crippen molar-refractivity contribution in [1.82, 2.24) is 15.4 Å². The van der Waals surface area contributed by atoms with Crippen molar-refractivity contribution in [2.45, 2.75) is 12.5 Å². The second kappa shape index (κ2) is 4.20. The number of nitrogens with zero attached hydrogens (tertiary/aromatic N) is 3. The molecule has 0 amide bonds. The Morgan fingerprint density at radius 1 is 1.64 bits per heavy atom. The van der Waals surface area contributed by atoms with E-state index in [9.17, 15) is 0 Å². The molecule has 1 atom stereocenters. The second-order valence-electron chi connectivity index (χ2n) is 2.12. The van der Waals surface area contributed by atoms with Gasteiger partial charge in [0.05, 0.1) is 18.0 Å². The maximum Gasteiger partial charge on any atom is 0.0731 e. The van der Waals surface area contributed by atoms with Gasteiger partial charge in [-0.2, -0.15) is 0 Å². The maximum absolute atomic E-state index is 9.09. The summed E-state index contributed by atoms with van der Waals surface area (Å²) < 4.78 is 0. The molecule has 0 saturated heterocycles. The lowest BCUT2D eigenvalue weighted by atomic mass is 10.2. The van der Waals surface area contributed by atoms with Crippen LogP contribution in [0.4, 0.5) is 0 Å². The Kier molecular flexibility index (Phi) is 3.19. The Morgan fingerprint density at radius 2 is 2.45 bits per heavy atom. The quantitative estimate of drug-likeness (QED) is 0.655. The van der Waals surface area contributed by atoms with Crippen molar-refractivity contribution in [3.8, 4) is 0 Å². The Hall–Kier alpha value is -0.740. The van der Waals surface area contributed by atoms with Crippen molar-refractivity contribution in [1.29, 1.82) is 0 Å². The van der Waals surface area contributed by atoms with Gasteiger partial charge < -0.3 is 5.11 Å². The monoisotopic (exact) mass is 173 g/mol. The summed E-state index contributed by atoms with van der Waals surface area (Å²) in [5.41, 5.74) is 0.702. The van der Waals surface area contributed by atoms with Crippen molar-refractivity contribution in [2.75, 3.05) is 5.88 Å². The number of aliphatic hydroxyl groups is 1. The molecule has 0 aromatic carbocycles. The molecule has 5 heteroatoms. The third-order valence-corrected chi connectivity index (χ3v) is 1.54. The average Bonchev–Trinajstić information content (AvgIpc) is 2.06. The van der Waals surface area contributed by atoms with Crippen molar-refractivity contribution >= 4 is 11.6 Å². The Labute approximate surface area is 69.2 Å². The molecular weight excluding hydrogens is 166 g/mol. The zero-order chi connectivity index (χ0) is 8.10. The standard InChI is InChI=1S/C6H8ClN3O/c7-4-6(11)3-5-1-2-8-10-9-5/h1-2,6,11H,3-4H2. The van der Waals surface area contributed by atoms with Crippen LogP contribution in [0, 0.1) is 0 Å². The lowest BCUT2D eigenvalue weighted by Crippen LogP contribution is -2.13. The van der Waals surface area contributed by atoms with Crippen LogP contribution >= 0.6 is 11.6 Å². The van der Waals surface area contributed by atoms with Gasteiger partial charge in [-0.1, -0.05) is 0 Å². The summed E-state index contributed by atoms with van der Waals surface area (Å²) in [7, 11) is 0. The Morgan fingerprint density at radius 3 is 3.00 bits per heavy atom. The highest BCUT2D eigenvalue weighted by Gasteiger charge is 2.03. The number of hydrogen-bond donors (Lipinski definition) is 1. The van der Waals surface area contributed by atoms with Gasteiger partial charge in [-0.15, -0.1) is 21.8 Å². The minimum Gasteiger partial charge on any atom is -0.391 e. The fraction of sp³-hybridized carbons (Fsp3) is 0.500. The van der Waals surface area contributed by atoms with E-state index in [-0.39, 0.29) is 5.88 Å². The molecule has 1 rings (SSSR count). The van der Waals surface area contributed by atoms with Gasteiger partial charge in [-0.3, -0.25) is 0 Å². The molecule has 1 aromatic rings. The van der Waals surface area contributed by atoms with Gasteiger partial charge >= 0.3 is 0 Å². The lowest BCUT2D eigenvalue weighted by molar-refractivity contribution is 0.197. The zero-order valence-corrected chi connectivity index (χ0v) is 6.57. The first-order valence-corrected chi connectivity index (χ1v) is 3.73. The topological polar surface area (TPSA) is 58.9 Å². The van der Waals surface area contributed by atoms with Crippen molar-refractivity contribution in [3.05, 3.63) is 18.0 Å². The Bertz CT molecular complexity index is 206. The number of aromatic nitrogens is 3. The number of hydrogen-bond acceptors (Lipinski definition) is 4. The highest BCUT2D eigenvalue weighted by molar-refractivity contribution is 6.18. The molecule has 1 unspecified atom stereocenters. The van der Waals surface area contributed by atoms with Gasteiger partial charge in [-0.25, -0.2) is 0 Å². The van der Waals surface area contributed by atoms with E-state index in [1.54, 1.807) is 6.07 Å². The summed E-state index contributed by atoms with van der Waals surface area (Å²) in [4.78, 5) is 0. The van der Waals surface area contributed by atoms with Crippen molar-refractivity contribution in [2.24, 2.45) is 0 Å². The van der Waals surface area contributed by atoms with Crippen LogP contribution < -0.4 is 0 Å². The number of alkyl halides is 1. The highest BCUT2D eigenvalue weighted by Crippen LogP contribution is 1.98. The predicted octanol–water partition coefficient (Wildman–Crippen LogP) is 0.0138. The predicted molar refractivity (Wildman–Crippen MR) is 40.3 cm³/mol. The molecule has 1 aromatic heterocycles. The van der Waals surface area contributed by atoms with Crippen LogP contribution in [0.1, 0.15) is 5.69 Å². The van der Waals surface area contributed by atoms with Crippen LogP contribution in [0.2, 0.25) is 0 Å². The molecular formula is C6H8ClN3O. The van der Waals surface area contributed by atoms with E-state index in [4.69, 9.17) is 16.7 Å². The minimum atomic E-state index is -0.548. The van der Waals surface area contributed by atoms with Gasteiger partial charge in [0.25, 0.3) is 0 Å². The summed E-state index contributed by atoms with van der Waals surface area (Å²) in [5, 5.41) is 19.7. The van der Waals surface area contributed by atoms with E-state index in [1.807, 2.05) is 0 Å². The Balaban J connectivity index is 2.51. The third-order valence-electron chi connectivity index (χ3n) is 1.18. The first kappa shape index (κ1) is 8.36. The zero-order valence-electron chi connectivity index (χ0n) is 5.81. The van der Waals surface area contributed by atoms with E-state index < -0.39 is 6.10 Å². The normalized spacial score (nSPS) is 12.9. The van der Waals surface area contributed by atoms with E-state index in [0.29, 0.717) is 12.1 Å². The number of halogens is 1. The molecule has 0 aliphatic carbocycles. The van der Waals surface area contributed by atoms with Crippen LogP contribution in [0.15, 0.2) is 12.3 Å². The maximum atomic E-state index is 9.09. The van der Waals surface area contributed by atoms with Crippen molar-refractivity contribution in [3.63, 3.8) is 0 Å². The molecule has 0 spiro atoms. The summed E-state index contributed by atoms with van der Waals surface area (Å²) in [6, 6.07) is 1.70. The molecule has 0 saturated carbocycles. The van der Waals surface area contributed by atoms with E-state index >= 15 is 0 Å². The fourth-order valence-electron chi connectivity index (χ4n) is 0.671. The van der Waals surface area contributed by atoms with Gasteiger partial charge in [0.2, 0.25) is 0 Å². The molecule has 0 bridgehead atoms. The van der Waals surface area contributed by atoms with Crippen molar-refractivity contribution < 1.29 is 5.11 Å². The molecule has 60 valence electrons. The summed E-state index contributed by atoms with van der Waals surface area (Å²) in [5.74, 6) is 0.212. The minimum absolute atomic E-state index is 0.212. The molecule has 4 nitrogen and oxygen atoms in total. The van der Waals surface area contributed by atoms with Crippen LogP contribution in [0.25, 0.3) is 0 Å². The molecule has 0 radical (unpaired) electrons. The average molecular weight is 174 g/mol. The summed E-state index contributed by atoms with van der Waals surface area (Å²) in [6.45, 7) is 0. The lowest BCUT2D eigenvalue weighted by Gasteiger charge is -2.02. The molecule has 0 aliphatic heterocycles. The van der Waals surface area contributed by atoms with E-state index in [2.05, 4.69) is 15.4 Å². The largest absolute Gasteiger partial charge is 0.391 e. The van der Waals surface area contributed by atoms with Crippen LogP contribution in [-0.2, 0) is 6.42 Å². The second-order valence-corrected chi connectivity index (χ2v) is 2.43. The first-order chi connectivity index (χ1) is 5.33. The first-order valence-electron chi connectivity index (χ1n) is 3.20. The summed E-state index contributed by atoms with van der Waals surface area (Å²) in [6.07, 6.45) is 1.41. The molecule has 1 N–H and O–H groups in total. The fourth-order valence-corrected chi connectivity index (χ4v) is 0.780. The molecule has 1 heterocycles. The van der Waals surface area contributed by atoms with Gasteiger partial charge in [-0.05, 0) is 11.3 Å². The number of aliphatic hydroxyl groups excluding tert-OH is 1. The highest BCUT2D eigenvalue weighted by atomic mass is 35.5. The van der Waals surface area contributed by atoms with E-state index in [0.717, 1.165) is 0 Å². The van der Waals surface area contributed by atoms with Crippen LogP contribution in [0.5, 0.6) is 0 Å². The molecule has 11 heavy (non-hydrogen) atoms. The molecule has 0 aliphatic rings. The van der Waals surface area contributed by atoms with Gasteiger partial charge in [0, 0.05) is 12.3 Å². The summed E-state index contributed by atoms with van der Waals surface area (Å²) >= 11 is 5.39.